The van der Waals surface area contributed by atoms with Gasteiger partial charge in [0.2, 0.25) is 5.91 Å². The lowest BCUT2D eigenvalue weighted by molar-refractivity contribution is -0.145. The maximum absolute atomic E-state index is 12.8. The Labute approximate surface area is 133 Å². The topological polar surface area (TPSA) is 49.3 Å². The Balaban J connectivity index is 2.06. The number of carbonyl (C=O) groups is 1. The van der Waals surface area contributed by atoms with Crippen LogP contribution in [0.4, 0.5) is 5.82 Å². The van der Waals surface area contributed by atoms with Gasteiger partial charge < -0.3 is 9.80 Å². The lowest BCUT2D eigenvalue weighted by atomic mass is 9.78. The van der Waals surface area contributed by atoms with Gasteiger partial charge in [0.25, 0.3) is 0 Å². The van der Waals surface area contributed by atoms with Crippen LogP contribution in [0.3, 0.4) is 0 Å². The van der Waals surface area contributed by atoms with Gasteiger partial charge in [-0.25, -0.2) is 9.97 Å². The van der Waals surface area contributed by atoms with Gasteiger partial charge in [-0.05, 0) is 40.5 Å². The molecular formula is C17H28N4O. The zero-order chi connectivity index (χ0) is 16.5. The van der Waals surface area contributed by atoms with E-state index in [-0.39, 0.29) is 16.9 Å². The van der Waals surface area contributed by atoms with Gasteiger partial charge in [0.05, 0.1) is 0 Å². The molecule has 0 unspecified atom stereocenters. The highest BCUT2D eigenvalue weighted by atomic mass is 16.2. The first kappa shape index (κ1) is 16.7. The molecule has 1 fully saturated rings. The number of hydrogen-bond acceptors (Lipinski definition) is 4. The number of anilines is 1. The molecule has 1 aromatic heterocycles. The van der Waals surface area contributed by atoms with Crippen LogP contribution in [0.5, 0.6) is 0 Å². The highest BCUT2D eigenvalue weighted by molar-refractivity contribution is 5.83. The third-order valence-corrected chi connectivity index (χ3v) is 4.81. The lowest BCUT2D eigenvalue weighted by Gasteiger charge is -2.44. The summed E-state index contributed by atoms with van der Waals surface area (Å²) >= 11 is 0. The van der Waals surface area contributed by atoms with Crippen LogP contribution in [-0.4, -0.2) is 46.5 Å². The molecule has 2 heterocycles. The molecule has 0 bridgehead atoms. The van der Waals surface area contributed by atoms with Crippen molar-refractivity contribution in [2.75, 3.05) is 25.0 Å². The largest absolute Gasteiger partial charge is 0.356 e. The summed E-state index contributed by atoms with van der Waals surface area (Å²) in [5.74, 6) is 1.21. The van der Waals surface area contributed by atoms with E-state index in [0.29, 0.717) is 0 Å². The predicted octanol–water partition coefficient (Wildman–Crippen LogP) is 2.65. The molecule has 2 rings (SSSR count). The van der Waals surface area contributed by atoms with E-state index in [2.05, 4.69) is 42.6 Å². The summed E-state index contributed by atoms with van der Waals surface area (Å²) in [4.78, 5) is 25.5. The van der Waals surface area contributed by atoms with Crippen molar-refractivity contribution < 1.29 is 4.79 Å². The minimum Gasteiger partial charge on any atom is -0.356 e. The number of hydrogen-bond donors (Lipinski definition) is 0. The number of rotatable bonds is 2. The van der Waals surface area contributed by atoms with E-state index >= 15 is 0 Å². The zero-order valence-corrected chi connectivity index (χ0v) is 14.7. The second-order valence-electron chi connectivity index (χ2n) is 7.60. The molecule has 0 radical (unpaired) electrons. The number of piperidine rings is 1. The number of aromatic nitrogens is 2. The van der Waals surface area contributed by atoms with E-state index in [1.807, 2.05) is 24.9 Å². The van der Waals surface area contributed by atoms with Crippen LogP contribution in [0, 0.1) is 12.3 Å². The van der Waals surface area contributed by atoms with Crippen LogP contribution < -0.4 is 4.90 Å². The van der Waals surface area contributed by atoms with Crippen LogP contribution >= 0.6 is 0 Å². The molecule has 0 spiro atoms. The van der Waals surface area contributed by atoms with Crippen molar-refractivity contribution in [2.24, 2.45) is 5.41 Å². The van der Waals surface area contributed by atoms with Crippen molar-refractivity contribution >= 4 is 11.7 Å². The predicted molar refractivity (Wildman–Crippen MR) is 88.8 cm³/mol. The Morgan fingerprint density at radius 3 is 2.36 bits per heavy atom. The summed E-state index contributed by atoms with van der Waals surface area (Å²) in [6.07, 6.45) is 3.32. The average Bonchev–Trinajstić information content (AvgIpc) is 2.45. The Hall–Kier alpha value is -1.65. The Morgan fingerprint density at radius 1 is 1.27 bits per heavy atom. The Morgan fingerprint density at radius 2 is 1.86 bits per heavy atom. The average molecular weight is 304 g/mol. The van der Waals surface area contributed by atoms with Crippen LogP contribution in [0.25, 0.3) is 0 Å². The normalized spacial score (nSPS) is 18.2. The van der Waals surface area contributed by atoms with Crippen molar-refractivity contribution in [3.8, 4) is 0 Å². The van der Waals surface area contributed by atoms with Gasteiger partial charge in [0.1, 0.15) is 12.1 Å². The maximum atomic E-state index is 12.8. The first-order chi connectivity index (χ1) is 10.1. The third-order valence-electron chi connectivity index (χ3n) is 4.81. The number of nitrogens with zero attached hydrogens (tertiary/aromatic N) is 4. The molecular weight excluding hydrogens is 276 g/mol. The Kier molecular flexibility index (Phi) is 4.45. The van der Waals surface area contributed by atoms with Crippen LogP contribution in [0.15, 0.2) is 12.4 Å². The van der Waals surface area contributed by atoms with Crippen LogP contribution in [-0.2, 0) is 4.79 Å². The van der Waals surface area contributed by atoms with E-state index in [4.69, 9.17) is 0 Å². The molecule has 1 amide bonds. The molecule has 122 valence electrons. The van der Waals surface area contributed by atoms with Gasteiger partial charge in [-0.3, -0.25) is 4.79 Å². The minimum absolute atomic E-state index is 0.138. The van der Waals surface area contributed by atoms with E-state index in [1.165, 1.54) is 0 Å². The summed E-state index contributed by atoms with van der Waals surface area (Å²) in [5.41, 5.74) is 0.559. The van der Waals surface area contributed by atoms with Crippen molar-refractivity contribution in [1.82, 2.24) is 14.9 Å². The monoisotopic (exact) mass is 304 g/mol. The molecule has 0 aliphatic carbocycles. The van der Waals surface area contributed by atoms with Crippen molar-refractivity contribution in [3.63, 3.8) is 0 Å². The highest BCUT2D eigenvalue weighted by Gasteiger charge is 2.41. The fourth-order valence-electron chi connectivity index (χ4n) is 2.77. The SMILES string of the molecule is Cc1cc(N2CCC(C)(C(=O)N(C)C(C)(C)C)CC2)ncn1. The first-order valence-corrected chi connectivity index (χ1v) is 7.95. The summed E-state index contributed by atoms with van der Waals surface area (Å²) in [6, 6.07) is 2.01. The summed E-state index contributed by atoms with van der Waals surface area (Å²) in [5, 5.41) is 0. The summed E-state index contributed by atoms with van der Waals surface area (Å²) < 4.78 is 0. The second-order valence-corrected chi connectivity index (χ2v) is 7.60. The van der Waals surface area contributed by atoms with Gasteiger partial charge in [-0.15, -0.1) is 0 Å². The van der Waals surface area contributed by atoms with Gasteiger partial charge in [-0.1, -0.05) is 6.92 Å². The zero-order valence-electron chi connectivity index (χ0n) is 14.7. The number of carbonyl (C=O) groups excluding carboxylic acids is 1. The molecule has 1 aromatic rings. The van der Waals surface area contributed by atoms with Crippen molar-refractivity contribution in [2.45, 2.75) is 53.0 Å². The van der Waals surface area contributed by atoms with Gasteiger partial charge in [0, 0.05) is 42.9 Å². The van der Waals surface area contributed by atoms with Crippen molar-refractivity contribution in [3.05, 3.63) is 18.1 Å². The first-order valence-electron chi connectivity index (χ1n) is 7.95. The fourth-order valence-corrected chi connectivity index (χ4v) is 2.77. The van der Waals surface area contributed by atoms with E-state index < -0.39 is 0 Å². The molecule has 1 saturated heterocycles. The Bertz CT molecular complexity index is 542. The van der Waals surface area contributed by atoms with Crippen LogP contribution in [0.1, 0.15) is 46.2 Å². The molecule has 5 nitrogen and oxygen atoms in total. The molecule has 22 heavy (non-hydrogen) atoms. The molecule has 0 saturated carbocycles. The third kappa shape index (κ3) is 3.39. The van der Waals surface area contributed by atoms with E-state index in [9.17, 15) is 4.79 Å². The molecule has 1 aliphatic rings. The van der Waals surface area contributed by atoms with Crippen LogP contribution in [0.2, 0.25) is 0 Å². The fraction of sp³-hybridized carbons (Fsp3) is 0.706. The maximum Gasteiger partial charge on any atom is 0.228 e. The van der Waals surface area contributed by atoms with Gasteiger partial charge in [0.15, 0.2) is 0 Å². The molecule has 0 atom stereocenters. The summed E-state index contributed by atoms with van der Waals surface area (Å²) in [6.45, 7) is 12.0. The molecule has 0 N–H and O–H groups in total. The lowest BCUT2D eigenvalue weighted by Crippen LogP contribution is -2.53. The minimum atomic E-state index is -0.277. The van der Waals surface area contributed by atoms with Crippen molar-refractivity contribution in [1.29, 1.82) is 0 Å². The van der Waals surface area contributed by atoms with E-state index in [0.717, 1.165) is 37.4 Å². The molecule has 1 aliphatic heterocycles. The number of aryl methyl sites for hydroxylation is 1. The second kappa shape index (κ2) is 5.86. The highest BCUT2D eigenvalue weighted by Crippen LogP contribution is 2.35. The quantitative estimate of drug-likeness (QED) is 0.843. The van der Waals surface area contributed by atoms with E-state index in [1.54, 1.807) is 6.33 Å². The smallest absolute Gasteiger partial charge is 0.228 e. The molecule has 5 heteroatoms. The molecule has 0 aromatic carbocycles. The standard InChI is InChI=1S/C17H28N4O/c1-13-11-14(19-12-18-13)21-9-7-17(5,8-10-21)15(22)20(6)16(2,3)4/h11-12H,7-10H2,1-6H3. The van der Waals surface area contributed by atoms with Gasteiger partial charge >= 0.3 is 0 Å². The summed E-state index contributed by atoms with van der Waals surface area (Å²) in [7, 11) is 1.91. The van der Waals surface area contributed by atoms with Gasteiger partial charge in [-0.2, -0.15) is 0 Å². The number of amides is 1.